The van der Waals surface area contributed by atoms with Gasteiger partial charge in [-0.3, -0.25) is 4.79 Å². The van der Waals surface area contributed by atoms with Crippen LogP contribution in [0.15, 0.2) is 42.5 Å². The van der Waals surface area contributed by atoms with Crippen molar-refractivity contribution in [2.75, 3.05) is 20.6 Å². The topological polar surface area (TPSA) is 53.0 Å². The molecule has 8 heteroatoms. The third kappa shape index (κ3) is 3.30. The van der Waals surface area contributed by atoms with E-state index in [2.05, 4.69) is 18.9 Å². The minimum Gasteiger partial charge on any atom is -0.504 e. The summed E-state index contributed by atoms with van der Waals surface area (Å²) in [6.45, 7) is 3.26. The quantitative estimate of drug-likeness (QED) is 0.588. The summed E-state index contributed by atoms with van der Waals surface area (Å²) >= 11 is 0. The van der Waals surface area contributed by atoms with E-state index in [-0.39, 0.29) is 34.6 Å². The Morgan fingerprint density at radius 2 is 2.03 bits per heavy atom. The van der Waals surface area contributed by atoms with E-state index in [1.54, 1.807) is 24.1 Å². The van der Waals surface area contributed by atoms with E-state index in [0.717, 1.165) is 49.9 Å². The number of amides is 1. The molecule has 2 bridgehead atoms. The smallest absolute Gasteiger partial charge is 0.416 e. The average Bonchev–Trinajstić information content (AvgIpc) is 3.21. The van der Waals surface area contributed by atoms with Crippen LogP contribution in [-0.2, 0) is 22.8 Å². The number of benzene rings is 2. The number of likely N-dealkylation sites (tertiary alicyclic amines) is 1. The highest BCUT2D eigenvalue weighted by Crippen LogP contribution is 2.69. The molecule has 1 N–H and O–H groups in total. The van der Waals surface area contributed by atoms with Gasteiger partial charge in [-0.15, -0.1) is 0 Å². The maximum atomic E-state index is 13.3. The van der Waals surface area contributed by atoms with Gasteiger partial charge in [-0.05, 0) is 80.1 Å². The molecule has 5 atom stereocenters. The lowest BCUT2D eigenvalue weighted by atomic mass is 9.43. The number of likely N-dealkylation sites (N-methyl/N-ethyl adjacent to an activating group) is 2. The van der Waals surface area contributed by atoms with Crippen LogP contribution in [0.5, 0.6) is 11.5 Å². The van der Waals surface area contributed by atoms with E-state index in [0.29, 0.717) is 17.4 Å². The van der Waals surface area contributed by atoms with Gasteiger partial charge in [0.25, 0.3) is 0 Å². The summed E-state index contributed by atoms with van der Waals surface area (Å²) in [4.78, 5) is 17.4. The van der Waals surface area contributed by atoms with Crippen LogP contribution in [-0.4, -0.2) is 59.6 Å². The van der Waals surface area contributed by atoms with Crippen LogP contribution in [0.1, 0.15) is 48.4 Å². The molecule has 0 aromatic heterocycles. The first-order chi connectivity index (χ1) is 17.5. The van der Waals surface area contributed by atoms with Crippen molar-refractivity contribution in [3.05, 3.63) is 64.7 Å². The highest BCUT2D eigenvalue weighted by Gasteiger charge is 2.71. The molecule has 2 aliphatic heterocycles. The number of rotatable bonds is 3. The van der Waals surface area contributed by atoms with E-state index in [1.807, 2.05) is 6.07 Å². The fourth-order valence-corrected chi connectivity index (χ4v) is 7.87. The molecule has 196 valence electrons. The summed E-state index contributed by atoms with van der Waals surface area (Å²) in [5.41, 5.74) is 1.52. The summed E-state index contributed by atoms with van der Waals surface area (Å²) in [5, 5.41) is 10.8. The second-order valence-electron chi connectivity index (χ2n) is 11.3. The first-order valence-corrected chi connectivity index (χ1v) is 12.8. The van der Waals surface area contributed by atoms with Crippen LogP contribution >= 0.6 is 0 Å². The Bertz CT molecular complexity index is 1310. The van der Waals surface area contributed by atoms with E-state index in [1.165, 1.54) is 23.8 Å². The lowest BCUT2D eigenvalue weighted by Crippen LogP contribution is -2.73. The van der Waals surface area contributed by atoms with Crippen molar-refractivity contribution in [2.24, 2.45) is 5.41 Å². The molecule has 37 heavy (non-hydrogen) atoms. The molecule has 0 unspecified atom stereocenters. The molecular formula is C29H31F3N2O3. The highest BCUT2D eigenvalue weighted by molar-refractivity contribution is 5.92. The van der Waals surface area contributed by atoms with Crippen molar-refractivity contribution in [2.45, 2.75) is 62.4 Å². The number of hydrogen-bond acceptors (Lipinski definition) is 4. The molecule has 2 aromatic rings. The molecule has 5 nitrogen and oxygen atoms in total. The first-order valence-electron chi connectivity index (χ1n) is 12.8. The first kappa shape index (κ1) is 24.3. The summed E-state index contributed by atoms with van der Waals surface area (Å²) < 4.78 is 45.9. The average molecular weight is 513 g/mol. The standard InChI is InChI=1S/C29H31F3N2O3/c1-27-12-11-20(34(3)23(36)10-7-17-5-4-6-19(15-17)29(30,31)32)26-28(27)13-14-33(2)22(27)16-18-8-9-21(35)25(37-26)24(18)28/h4-10,15,20,22,26,35H,11-14,16H2,1-3H3/t20-,22+,26-,27-,28-/m0/s1. The number of nitrogens with zero attached hydrogens (tertiary/aromatic N) is 2. The number of aromatic hydroxyl groups is 1. The molecule has 2 heterocycles. The predicted molar refractivity (Wildman–Crippen MR) is 133 cm³/mol. The molecular weight excluding hydrogens is 481 g/mol. The van der Waals surface area contributed by atoms with Crippen molar-refractivity contribution in [1.29, 1.82) is 0 Å². The zero-order valence-electron chi connectivity index (χ0n) is 21.2. The van der Waals surface area contributed by atoms with Gasteiger partial charge in [0, 0.05) is 30.1 Å². The Balaban J connectivity index is 1.33. The maximum Gasteiger partial charge on any atom is 0.416 e. The van der Waals surface area contributed by atoms with Crippen LogP contribution in [0.2, 0.25) is 0 Å². The Morgan fingerprint density at radius 1 is 1.24 bits per heavy atom. The van der Waals surface area contributed by atoms with Gasteiger partial charge in [-0.25, -0.2) is 0 Å². The lowest BCUT2D eigenvalue weighted by molar-refractivity contribution is -0.148. The minimum absolute atomic E-state index is 0.0645. The molecule has 4 aliphatic rings. The van der Waals surface area contributed by atoms with Gasteiger partial charge < -0.3 is 19.6 Å². The molecule has 0 radical (unpaired) electrons. The lowest BCUT2D eigenvalue weighted by Gasteiger charge is -2.65. The van der Waals surface area contributed by atoms with E-state index in [9.17, 15) is 23.1 Å². The summed E-state index contributed by atoms with van der Waals surface area (Å²) in [7, 11) is 3.92. The Morgan fingerprint density at radius 3 is 2.78 bits per heavy atom. The van der Waals surface area contributed by atoms with Crippen molar-refractivity contribution >= 4 is 12.0 Å². The number of piperidine rings is 1. The Kier molecular flexibility index (Phi) is 5.26. The molecule has 1 saturated heterocycles. The van der Waals surface area contributed by atoms with E-state index >= 15 is 0 Å². The highest BCUT2D eigenvalue weighted by atomic mass is 19.4. The number of phenols is 1. The molecule has 1 amide bonds. The zero-order valence-corrected chi connectivity index (χ0v) is 21.2. The number of alkyl halides is 3. The van der Waals surface area contributed by atoms with Crippen LogP contribution in [0.3, 0.4) is 0 Å². The van der Waals surface area contributed by atoms with Crippen molar-refractivity contribution in [3.63, 3.8) is 0 Å². The predicted octanol–water partition coefficient (Wildman–Crippen LogP) is 5.01. The van der Waals surface area contributed by atoms with Crippen LogP contribution in [0.25, 0.3) is 6.08 Å². The van der Waals surface area contributed by atoms with Gasteiger partial charge in [-0.1, -0.05) is 25.1 Å². The summed E-state index contributed by atoms with van der Waals surface area (Å²) in [6, 6.07) is 8.78. The largest absolute Gasteiger partial charge is 0.504 e. The minimum atomic E-state index is -4.44. The molecule has 2 aromatic carbocycles. The number of hydrogen-bond donors (Lipinski definition) is 1. The maximum absolute atomic E-state index is 13.3. The fourth-order valence-electron chi connectivity index (χ4n) is 7.87. The van der Waals surface area contributed by atoms with Crippen molar-refractivity contribution < 1.29 is 27.8 Å². The van der Waals surface area contributed by atoms with E-state index in [4.69, 9.17) is 4.74 Å². The molecule has 1 saturated carbocycles. The van der Waals surface area contributed by atoms with Crippen LogP contribution in [0.4, 0.5) is 13.2 Å². The van der Waals surface area contributed by atoms with Crippen LogP contribution < -0.4 is 4.74 Å². The van der Waals surface area contributed by atoms with Gasteiger partial charge in [0.1, 0.15) is 6.10 Å². The van der Waals surface area contributed by atoms with Crippen molar-refractivity contribution in [3.8, 4) is 11.5 Å². The fraction of sp³-hybridized carbons (Fsp3) is 0.483. The number of carbonyl (C=O) groups excluding carboxylic acids is 1. The normalized spacial score (nSPS) is 32.2. The van der Waals surface area contributed by atoms with Gasteiger partial charge in [0.05, 0.1) is 11.6 Å². The third-order valence-corrected chi connectivity index (χ3v) is 9.74. The second kappa shape index (κ2) is 8.00. The summed E-state index contributed by atoms with van der Waals surface area (Å²) in [6.07, 6.45) is 1.47. The zero-order chi connectivity index (χ0) is 26.3. The van der Waals surface area contributed by atoms with Gasteiger partial charge >= 0.3 is 6.18 Å². The summed E-state index contributed by atoms with van der Waals surface area (Å²) in [5.74, 6) is 0.412. The molecule has 2 fully saturated rings. The molecule has 1 spiro atoms. The number of carbonyl (C=O) groups is 1. The second-order valence-corrected chi connectivity index (χ2v) is 11.3. The number of phenolic OH excluding ortho intramolecular Hbond substituents is 1. The number of ether oxygens (including phenoxy) is 1. The SMILES string of the molecule is CN1CC[C@]23c4c5ccc(O)c4O[C@H]2[C@@H](N(C)C(=O)C=Cc2cccc(C(F)(F)F)c2)CC[C@@]3(C)[C@H]1C5. The van der Waals surface area contributed by atoms with Gasteiger partial charge in [-0.2, -0.15) is 13.2 Å². The van der Waals surface area contributed by atoms with Gasteiger partial charge in [0.2, 0.25) is 5.91 Å². The Labute approximate surface area is 214 Å². The van der Waals surface area contributed by atoms with Gasteiger partial charge in [0.15, 0.2) is 11.5 Å². The Hall–Kier alpha value is -3.00. The van der Waals surface area contributed by atoms with E-state index < -0.39 is 11.7 Å². The molecule has 2 aliphatic carbocycles. The monoisotopic (exact) mass is 512 g/mol. The third-order valence-electron chi connectivity index (χ3n) is 9.74. The molecule has 6 rings (SSSR count). The van der Waals surface area contributed by atoms with Crippen molar-refractivity contribution in [1.82, 2.24) is 9.80 Å². The van der Waals surface area contributed by atoms with Crippen LogP contribution in [0, 0.1) is 5.41 Å². The number of halogens is 3.